The standard InChI is InChI=1S/C11H20N2O2/c12-4-6-13-5-3-11(8-13)2-1-9(7-11)10(14)15/h9H,1-8,12H2,(H,14,15)/t9-,11+/m1/s1. The molecule has 0 aromatic rings. The van der Waals surface area contributed by atoms with E-state index in [2.05, 4.69) is 4.90 Å². The van der Waals surface area contributed by atoms with Crippen molar-refractivity contribution in [2.75, 3.05) is 26.2 Å². The van der Waals surface area contributed by atoms with Gasteiger partial charge in [0.05, 0.1) is 5.92 Å². The molecule has 2 atom stereocenters. The predicted molar refractivity (Wildman–Crippen MR) is 57.5 cm³/mol. The van der Waals surface area contributed by atoms with Crippen LogP contribution in [0.3, 0.4) is 0 Å². The van der Waals surface area contributed by atoms with Crippen molar-refractivity contribution in [3.8, 4) is 0 Å². The fourth-order valence-electron chi connectivity index (χ4n) is 3.19. The zero-order valence-corrected chi connectivity index (χ0v) is 9.11. The smallest absolute Gasteiger partial charge is 0.306 e. The van der Waals surface area contributed by atoms with Gasteiger partial charge in [-0.1, -0.05) is 0 Å². The Morgan fingerprint density at radius 1 is 1.53 bits per heavy atom. The van der Waals surface area contributed by atoms with Gasteiger partial charge in [-0.15, -0.1) is 0 Å². The zero-order chi connectivity index (χ0) is 10.9. The second kappa shape index (κ2) is 4.10. The van der Waals surface area contributed by atoms with E-state index in [1.54, 1.807) is 0 Å². The van der Waals surface area contributed by atoms with Crippen molar-refractivity contribution in [1.82, 2.24) is 4.90 Å². The molecule has 0 aromatic carbocycles. The van der Waals surface area contributed by atoms with Gasteiger partial charge in [-0.3, -0.25) is 4.79 Å². The van der Waals surface area contributed by atoms with E-state index in [0.717, 1.165) is 45.3 Å². The largest absolute Gasteiger partial charge is 0.481 e. The molecule has 0 aromatic heterocycles. The lowest BCUT2D eigenvalue weighted by molar-refractivity contribution is -0.141. The summed E-state index contributed by atoms with van der Waals surface area (Å²) in [5.41, 5.74) is 5.84. The van der Waals surface area contributed by atoms with Crippen LogP contribution in [-0.4, -0.2) is 42.2 Å². The molecular formula is C11H20N2O2. The molecule has 1 saturated heterocycles. The van der Waals surface area contributed by atoms with Gasteiger partial charge in [-0.2, -0.15) is 0 Å². The molecule has 1 aliphatic heterocycles. The van der Waals surface area contributed by atoms with Gasteiger partial charge >= 0.3 is 5.97 Å². The lowest BCUT2D eigenvalue weighted by Crippen LogP contribution is -2.30. The fourth-order valence-corrected chi connectivity index (χ4v) is 3.19. The molecule has 4 heteroatoms. The summed E-state index contributed by atoms with van der Waals surface area (Å²) < 4.78 is 0. The number of hydrogen-bond donors (Lipinski definition) is 2. The fraction of sp³-hybridized carbons (Fsp3) is 0.909. The first-order chi connectivity index (χ1) is 7.15. The van der Waals surface area contributed by atoms with Gasteiger partial charge in [0.1, 0.15) is 0 Å². The first-order valence-electron chi connectivity index (χ1n) is 5.80. The molecule has 15 heavy (non-hydrogen) atoms. The molecular weight excluding hydrogens is 192 g/mol. The summed E-state index contributed by atoms with van der Waals surface area (Å²) in [7, 11) is 0. The van der Waals surface area contributed by atoms with Gasteiger partial charge in [0, 0.05) is 19.6 Å². The maximum Gasteiger partial charge on any atom is 0.306 e. The van der Waals surface area contributed by atoms with Gasteiger partial charge in [0.25, 0.3) is 0 Å². The van der Waals surface area contributed by atoms with Crippen LogP contribution >= 0.6 is 0 Å². The summed E-state index contributed by atoms with van der Waals surface area (Å²) in [6.07, 6.45) is 4.00. The molecule has 2 rings (SSSR count). The van der Waals surface area contributed by atoms with Gasteiger partial charge in [-0.25, -0.2) is 0 Å². The third-order valence-electron chi connectivity index (χ3n) is 4.01. The Hall–Kier alpha value is -0.610. The van der Waals surface area contributed by atoms with Gasteiger partial charge < -0.3 is 15.7 Å². The maximum atomic E-state index is 10.9. The van der Waals surface area contributed by atoms with Crippen molar-refractivity contribution in [3.63, 3.8) is 0 Å². The summed E-state index contributed by atoms with van der Waals surface area (Å²) in [6, 6.07) is 0. The van der Waals surface area contributed by atoms with Crippen molar-refractivity contribution in [3.05, 3.63) is 0 Å². The highest BCUT2D eigenvalue weighted by atomic mass is 16.4. The number of hydrogen-bond acceptors (Lipinski definition) is 3. The van der Waals surface area contributed by atoms with E-state index in [1.807, 2.05) is 0 Å². The molecule has 0 radical (unpaired) electrons. The average Bonchev–Trinajstić information content (AvgIpc) is 2.76. The summed E-state index contributed by atoms with van der Waals surface area (Å²) in [5.74, 6) is -0.702. The summed E-state index contributed by atoms with van der Waals surface area (Å²) in [5, 5.41) is 8.99. The number of rotatable bonds is 3. The summed E-state index contributed by atoms with van der Waals surface area (Å²) >= 11 is 0. The summed E-state index contributed by atoms with van der Waals surface area (Å²) in [4.78, 5) is 13.3. The van der Waals surface area contributed by atoms with Crippen molar-refractivity contribution >= 4 is 5.97 Å². The third-order valence-corrected chi connectivity index (χ3v) is 4.01. The van der Waals surface area contributed by atoms with Crippen molar-refractivity contribution < 1.29 is 9.90 Å². The number of aliphatic carboxylic acids is 1. The lowest BCUT2D eigenvalue weighted by Gasteiger charge is -2.23. The molecule has 1 aliphatic carbocycles. The average molecular weight is 212 g/mol. The Balaban J connectivity index is 1.92. The van der Waals surface area contributed by atoms with Crippen LogP contribution in [0, 0.1) is 11.3 Å². The molecule has 1 saturated carbocycles. The van der Waals surface area contributed by atoms with Crippen LogP contribution in [0.4, 0.5) is 0 Å². The van der Waals surface area contributed by atoms with Crippen LogP contribution < -0.4 is 5.73 Å². The highest BCUT2D eigenvalue weighted by molar-refractivity contribution is 5.70. The van der Waals surface area contributed by atoms with E-state index in [9.17, 15) is 4.79 Å². The van der Waals surface area contributed by atoms with E-state index >= 15 is 0 Å². The Morgan fingerprint density at radius 3 is 2.93 bits per heavy atom. The Kier molecular flexibility index (Phi) is 2.98. The molecule has 0 bridgehead atoms. The molecule has 2 aliphatic rings. The number of nitrogens with two attached hydrogens (primary N) is 1. The number of nitrogens with zero attached hydrogens (tertiary/aromatic N) is 1. The Morgan fingerprint density at radius 2 is 2.33 bits per heavy atom. The van der Waals surface area contributed by atoms with E-state index in [0.29, 0.717) is 12.0 Å². The molecule has 1 spiro atoms. The minimum absolute atomic E-state index is 0.0946. The van der Waals surface area contributed by atoms with Gasteiger partial charge in [0.2, 0.25) is 0 Å². The number of likely N-dealkylation sites (tertiary alicyclic amines) is 1. The van der Waals surface area contributed by atoms with Gasteiger partial charge in [-0.05, 0) is 37.6 Å². The first kappa shape index (κ1) is 10.9. The quantitative estimate of drug-likeness (QED) is 0.716. The van der Waals surface area contributed by atoms with Crippen molar-refractivity contribution in [2.24, 2.45) is 17.1 Å². The molecule has 3 N–H and O–H groups in total. The van der Waals surface area contributed by atoms with Crippen molar-refractivity contribution in [2.45, 2.75) is 25.7 Å². The minimum atomic E-state index is -0.607. The molecule has 86 valence electrons. The highest BCUT2D eigenvalue weighted by Crippen LogP contribution is 2.47. The topological polar surface area (TPSA) is 66.6 Å². The molecule has 4 nitrogen and oxygen atoms in total. The molecule has 0 amide bonds. The SMILES string of the molecule is NCCN1CC[C@]2(CC[C@@H](C(=O)O)C2)C1. The van der Waals surface area contributed by atoms with Crippen LogP contribution in [-0.2, 0) is 4.79 Å². The van der Waals surface area contributed by atoms with E-state index in [-0.39, 0.29) is 5.92 Å². The minimum Gasteiger partial charge on any atom is -0.481 e. The second-order valence-corrected chi connectivity index (χ2v) is 5.09. The number of carboxylic acids is 1. The molecule has 0 unspecified atom stereocenters. The normalized spacial score (nSPS) is 36.5. The first-order valence-corrected chi connectivity index (χ1v) is 5.80. The predicted octanol–water partition coefficient (Wildman–Crippen LogP) is 0.522. The Bertz CT molecular complexity index is 257. The summed E-state index contributed by atoms with van der Waals surface area (Å²) in [6.45, 7) is 3.83. The zero-order valence-electron chi connectivity index (χ0n) is 9.11. The monoisotopic (exact) mass is 212 g/mol. The number of carboxylic acid groups (broad SMARTS) is 1. The molecule has 1 heterocycles. The lowest BCUT2D eigenvalue weighted by atomic mass is 9.84. The van der Waals surface area contributed by atoms with Crippen LogP contribution in [0.1, 0.15) is 25.7 Å². The Labute approximate surface area is 90.4 Å². The number of carbonyl (C=O) groups is 1. The van der Waals surface area contributed by atoms with Crippen molar-refractivity contribution in [1.29, 1.82) is 0 Å². The third kappa shape index (κ3) is 2.16. The maximum absolute atomic E-state index is 10.9. The van der Waals surface area contributed by atoms with Crippen LogP contribution in [0.15, 0.2) is 0 Å². The van der Waals surface area contributed by atoms with Gasteiger partial charge in [0.15, 0.2) is 0 Å². The van der Waals surface area contributed by atoms with E-state index in [4.69, 9.17) is 10.8 Å². The van der Waals surface area contributed by atoms with E-state index < -0.39 is 5.97 Å². The van der Waals surface area contributed by atoms with Crippen LogP contribution in [0.5, 0.6) is 0 Å². The highest BCUT2D eigenvalue weighted by Gasteiger charge is 2.45. The van der Waals surface area contributed by atoms with E-state index in [1.165, 1.54) is 0 Å². The van der Waals surface area contributed by atoms with Crippen LogP contribution in [0.25, 0.3) is 0 Å². The van der Waals surface area contributed by atoms with Crippen LogP contribution in [0.2, 0.25) is 0 Å². The molecule has 2 fully saturated rings. The second-order valence-electron chi connectivity index (χ2n) is 5.09.